The average Bonchev–Trinajstić information content (AvgIpc) is 2.68. The molecule has 0 radical (unpaired) electrons. The van der Waals surface area contributed by atoms with Gasteiger partial charge in [-0.3, -0.25) is 14.6 Å². The van der Waals surface area contributed by atoms with E-state index in [0.717, 1.165) is 31.7 Å². The molecule has 0 aromatic heterocycles. The van der Waals surface area contributed by atoms with Crippen LogP contribution in [-0.2, 0) is 6.54 Å². The second kappa shape index (κ2) is 8.82. The van der Waals surface area contributed by atoms with Gasteiger partial charge in [0.25, 0.3) is 5.91 Å². The summed E-state index contributed by atoms with van der Waals surface area (Å²) in [5.74, 6) is -1.20. The minimum absolute atomic E-state index is 0.0325. The molecule has 156 valence electrons. The van der Waals surface area contributed by atoms with Crippen LogP contribution in [-0.4, -0.2) is 72.1 Å². The zero-order valence-corrected chi connectivity index (χ0v) is 16.7. The Morgan fingerprint density at radius 3 is 2.29 bits per heavy atom. The third-order valence-corrected chi connectivity index (χ3v) is 5.91. The van der Waals surface area contributed by atoms with Crippen LogP contribution in [0.25, 0.3) is 0 Å². The second-order valence-corrected chi connectivity index (χ2v) is 8.23. The molecular weight excluding hydrogens is 367 g/mol. The molecule has 1 atom stereocenters. The first-order valence-corrected chi connectivity index (χ1v) is 10.2. The highest BCUT2D eigenvalue weighted by molar-refractivity contribution is 5.94. The van der Waals surface area contributed by atoms with Crippen LogP contribution in [0.2, 0.25) is 0 Å². The van der Waals surface area contributed by atoms with Crippen molar-refractivity contribution in [1.82, 2.24) is 14.7 Å². The van der Waals surface area contributed by atoms with Gasteiger partial charge in [0.15, 0.2) is 0 Å². The number of amides is 1. The van der Waals surface area contributed by atoms with Gasteiger partial charge in [-0.1, -0.05) is 12.1 Å². The number of hydrogen-bond acceptors (Lipinski definition) is 3. The zero-order valence-electron chi connectivity index (χ0n) is 16.7. The molecule has 0 saturated carbocycles. The van der Waals surface area contributed by atoms with E-state index in [2.05, 4.69) is 18.7 Å². The fraction of sp³-hybridized carbons (Fsp3) is 0.667. The Balaban J connectivity index is 1.54. The Morgan fingerprint density at radius 1 is 1.07 bits per heavy atom. The minimum Gasteiger partial charge on any atom is -0.336 e. The molecule has 2 aliphatic heterocycles. The summed E-state index contributed by atoms with van der Waals surface area (Å²) in [6.07, 6.45) is -3.32. The van der Waals surface area contributed by atoms with Crippen LogP contribution in [0.15, 0.2) is 24.3 Å². The summed E-state index contributed by atoms with van der Waals surface area (Å²) >= 11 is 0. The van der Waals surface area contributed by atoms with Crippen molar-refractivity contribution >= 4 is 5.91 Å². The van der Waals surface area contributed by atoms with Crippen molar-refractivity contribution in [3.63, 3.8) is 0 Å². The van der Waals surface area contributed by atoms with Crippen molar-refractivity contribution in [1.29, 1.82) is 0 Å². The van der Waals surface area contributed by atoms with Crippen molar-refractivity contribution in [3.8, 4) is 0 Å². The minimum atomic E-state index is -4.12. The molecule has 2 aliphatic rings. The van der Waals surface area contributed by atoms with Gasteiger partial charge in [0.1, 0.15) is 0 Å². The molecule has 0 bridgehead atoms. The quantitative estimate of drug-likeness (QED) is 0.776. The first-order chi connectivity index (χ1) is 13.2. The topological polar surface area (TPSA) is 26.8 Å². The SMILES string of the molecule is CC(C)N1CCN(C(=O)c2ccc(CN3CCCC(C(F)(F)F)C3)cc2)CC1. The predicted molar refractivity (Wildman–Crippen MR) is 103 cm³/mol. The first-order valence-electron chi connectivity index (χ1n) is 10.2. The summed E-state index contributed by atoms with van der Waals surface area (Å²) < 4.78 is 38.9. The summed E-state index contributed by atoms with van der Waals surface area (Å²) in [5.41, 5.74) is 1.59. The molecule has 2 heterocycles. The van der Waals surface area contributed by atoms with Gasteiger partial charge in [0, 0.05) is 50.9 Å². The van der Waals surface area contributed by atoms with Gasteiger partial charge < -0.3 is 4.90 Å². The van der Waals surface area contributed by atoms with Crippen molar-refractivity contribution in [2.24, 2.45) is 5.92 Å². The number of carbonyl (C=O) groups is 1. The number of alkyl halides is 3. The number of rotatable bonds is 4. The van der Waals surface area contributed by atoms with Crippen molar-refractivity contribution < 1.29 is 18.0 Å². The normalized spacial score (nSPS) is 22.6. The number of nitrogens with zero attached hydrogens (tertiary/aromatic N) is 3. The molecule has 1 amide bonds. The molecule has 1 aromatic carbocycles. The molecule has 1 aromatic rings. The zero-order chi connectivity index (χ0) is 20.3. The maximum absolute atomic E-state index is 13.0. The van der Waals surface area contributed by atoms with Gasteiger partial charge in [0.2, 0.25) is 0 Å². The lowest BCUT2D eigenvalue weighted by atomic mass is 9.97. The van der Waals surface area contributed by atoms with Gasteiger partial charge in [-0.05, 0) is 50.9 Å². The third kappa shape index (κ3) is 5.26. The Hall–Kier alpha value is -1.60. The Bertz CT molecular complexity index is 652. The van der Waals surface area contributed by atoms with Gasteiger partial charge in [-0.15, -0.1) is 0 Å². The number of piperazine rings is 1. The van der Waals surface area contributed by atoms with Gasteiger partial charge in [-0.2, -0.15) is 13.2 Å². The summed E-state index contributed by atoms with van der Waals surface area (Å²) in [6, 6.07) is 7.84. The lowest BCUT2D eigenvalue weighted by molar-refractivity contribution is -0.187. The van der Waals surface area contributed by atoms with E-state index in [1.54, 1.807) is 12.1 Å². The number of halogens is 3. The molecule has 7 heteroatoms. The highest BCUT2D eigenvalue weighted by atomic mass is 19.4. The van der Waals surface area contributed by atoms with E-state index in [4.69, 9.17) is 0 Å². The largest absolute Gasteiger partial charge is 0.393 e. The number of likely N-dealkylation sites (tertiary alicyclic amines) is 1. The lowest BCUT2D eigenvalue weighted by Gasteiger charge is -2.37. The van der Waals surface area contributed by atoms with Gasteiger partial charge in [0.05, 0.1) is 5.92 Å². The van der Waals surface area contributed by atoms with E-state index in [0.29, 0.717) is 31.1 Å². The van der Waals surface area contributed by atoms with E-state index in [-0.39, 0.29) is 18.9 Å². The molecular formula is C21H30F3N3O. The third-order valence-electron chi connectivity index (χ3n) is 5.91. The van der Waals surface area contributed by atoms with Crippen LogP contribution in [0, 0.1) is 5.92 Å². The second-order valence-electron chi connectivity index (χ2n) is 8.23. The van der Waals surface area contributed by atoms with E-state index in [1.807, 2.05) is 21.9 Å². The molecule has 2 saturated heterocycles. The molecule has 28 heavy (non-hydrogen) atoms. The summed E-state index contributed by atoms with van der Waals surface area (Å²) in [6.45, 7) is 8.79. The molecule has 0 N–H and O–H groups in total. The number of carbonyl (C=O) groups excluding carboxylic acids is 1. The summed E-state index contributed by atoms with van der Waals surface area (Å²) in [4.78, 5) is 18.8. The van der Waals surface area contributed by atoms with Crippen LogP contribution >= 0.6 is 0 Å². The molecule has 1 unspecified atom stereocenters. The van der Waals surface area contributed by atoms with Gasteiger partial charge >= 0.3 is 6.18 Å². The maximum atomic E-state index is 13.0. The summed E-state index contributed by atoms with van der Waals surface area (Å²) in [5, 5.41) is 0. The average molecular weight is 397 g/mol. The number of piperidine rings is 1. The van der Waals surface area contributed by atoms with E-state index in [1.165, 1.54) is 0 Å². The number of benzene rings is 1. The van der Waals surface area contributed by atoms with Crippen LogP contribution < -0.4 is 0 Å². The van der Waals surface area contributed by atoms with Crippen LogP contribution in [0.5, 0.6) is 0 Å². The van der Waals surface area contributed by atoms with E-state index >= 15 is 0 Å². The Labute approximate surface area is 165 Å². The lowest BCUT2D eigenvalue weighted by Crippen LogP contribution is -2.50. The maximum Gasteiger partial charge on any atom is 0.393 e. The van der Waals surface area contributed by atoms with Gasteiger partial charge in [-0.25, -0.2) is 0 Å². The fourth-order valence-electron chi connectivity index (χ4n) is 4.10. The highest BCUT2D eigenvalue weighted by Crippen LogP contribution is 2.33. The van der Waals surface area contributed by atoms with Crippen LogP contribution in [0.1, 0.15) is 42.6 Å². The van der Waals surface area contributed by atoms with Crippen molar-refractivity contribution in [2.75, 3.05) is 39.3 Å². The molecule has 0 spiro atoms. The molecule has 4 nitrogen and oxygen atoms in total. The smallest absolute Gasteiger partial charge is 0.336 e. The van der Waals surface area contributed by atoms with Crippen molar-refractivity contribution in [3.05, 3.63) is 35.4 Å². The Morgan fingerprint density at radius 2 is 1.71 bits per heavy atom. The monoisotopic (exact) mass is 397 g/mol. The molecule has 3 rings (SSSR count). The number of hydrogen-bond donors (Lipinski definition) is 0. The highest BCUT2D eigenvalue weighted by Gasteiger charge is 2.41. The van der Waals surface area contributed by atoms with E-state index < -0.39 is 12.1 Å². The first kappa shape index (κ1) is 21.1. The van der Waals surface area contributed by atoms with Crippen molar-refractivity contribution in [2.45, 2.75) is 45.5 Å². The van der Waals surface area contributed by atoms with E-state index in [9.17, 15) is 18.0 Å². The molecule has 0 aliphatic carbocycles. The predicted octanol–water partition coefficient (Wildman–Crippen LogP) is 3.63. The molecule has 2 fully saturated rings. The summed E-state index contributed by atoms with van der Waals surface area (Å²) in [7, 11) is 0. The Kier molecular flexibility index (Phi) is 6.65. The standard InChI is InChI=1S/C21H30F3N3O/c1-16(2)26-10-12-27(13-11-26)20(28)18-7-5-17(6-8-18)14-25-9-3-4-19(15-25)21(22,23)24/h5-8,16,19H,3-4,9-15H2,1-2H3. The van der Waals surface area contributed by atoms with Crippen LogP contribution in [0.4, 0.5) is 13.2 Å². The fourth-order valence-corrected chi connectivity index (χ4v) is 4.10. The van der Waals surface area contributed by atoms with Crippen LogP contribution in [0.3, 0.4) is 0 Å².